The molecule has 0 spiro atoms. The predicted molar refractivity (Wildman–Crippen MR) is 96.3 cm³/mol. The largest absolute Gasteiger partial charge is 0.339 e. The first-order valence-corrected chi connectivity index (χ1v) is 9.32. The molecule has 0 saturated carbocycles. The Morgan fingerprint density at radius 1 is 1.36 bits per heavy atom. The van der Waals surface area contributed by atoms with Crippen LogP contribution in [0.15, 0.2) is 34.3 Å². The maximum atomic E-state index is 12.1. The number of aromatic nitrogens is 4. The third-order valence-corrected chi connectivity index (χ3v) is 4.58. The molecule has 1 N–H and O–H groups in total. The maximum Gasteiger partial charge on any atom is 0.226 e. The number of hydrogen-bond acceptors (Lipinski definition) is 6. The molecule has 3 aromatic rings. The molecule has 0 unspecified atom stereocenters. The van der Waals surface area contributed by atoms with Crippen LogP contribution >= 0.6 is 11.3 Å². The van der Waals surface area contributed by atoms with E-state index in [1.165, 1.54) is 0 Å². The predicted octanol–water partition coefficient (Wildman–Crippen LogP) is 3.76. The molecule has 0 aliphatic rings. The zero-order chi connectivity index (χ0) is 17.5. The molecule has 0 atom stereocenters. The van der Waals surface area contributed by atoms with Crippen molar-refractivity contribution in [2.24, 2.45) is 0 Å². The summed E-state index contributed by atoms with van der Waals surface area (Å²) in [4.78, 5) is 17.4. The van der Waals surface area contributed by atoms with Gasteiger partial charge >= 0.3 is 0 Å². The fourth-order valence-corrected chi connectivity index (χ4v) is 3.04. The highest BCUT2D eigenvalue weighted by Gasteiger charge is 2.11. The smallest absolute Gasteiger partial charge is 0.226 e. The summed E-state index contributed by atoms with van der Waals surface area (Å²) in [5.41, 5.74) is 0. The second-order valence-corrected chi connectivity index (χ2v) is 6.63. The minimum absolute atomic E-state index is 0.0313. The molecule has 0 aliphatic heterocycles. The van der Waals surface area contributed by atoms with Gasteiger partial charge in [0.25, 0.3) is 0 Å². The molecule has 0 radical (unpaired) electrons. The highest BCUT2D eigenvalue weighted by Crippen LogP contribution is 2.21. The number of carbonyl (C=O) groups is 1. The van der Waals surface area contributed by atoms with Crippen molar-refractivity contribution in [3.8, 4) is 10.7 Å². The van der Waals surface area contributed by atoms with Gasteiger partial charge in [-0.15, -0.1) is 11.3 Å². The lowest BCUT2D eigenvalue weighted by Crippen LogP contribution is -2.15. The summed E-state index contributed by atoms with van der Waals surface area (Å²) in [6, 6.07) is 5.72. The van der Waals surface area contributed by atoms with Crippen LogP contribution in [0.2, 0.25) is 0 Å². The summed E-state index contributed by atoms with van der Waals surface area (Å²) in [7, 11) is 0. The van der Waals surface area contributed by atoms with Gasteiger partial charge in [-0.05, 0) is 24.3 Å². The standard InChI is InChI=1S/C17H21N5O2S/c1-2-3-11-22-14(9-10-18-22)19-15(23)7-4-8-16-20-17(21-24-16)13-6-5-12-25-13/h5-6,9-10,12H,2-4,7-8,11H2,1H3,(H,19,23). The Bertz CT molecular complexity index is 794. The second kappa shape index (κ2) is 8.57. The van der Waals surface area contributed by atoms with Crippen LogP contribution in [0, 0.1) is 0 Å². The Balaban J connectivity index is 1.45. The summed E-state index contributed by atoms with van der Waals surface area (Å²) in [5, 5.41) is 13.1. The number of aryl methyl sites for hydroxylation is 2. The summed E-state index contributed by atoms with van der Waals surface area (Å²) in [6.07, 6.45) is 5.46. The van der Waals surface area contributed by atoms with Gasteiger partial charge < -0.3 is 9.84 Å². The van der Waals surface area contributed by atoms with E-state index in [-0.39, 0.29) is 5.91 Å². The average molecular weight is 359 g/mol. The second-order valence-electron chi connectivity index (χ2n) is 5.68. The number of amides is 1. The van der Waals surface area contributed by atoms with Crippen LogP contribution in [-0.4, -0.2) is 25.8 Å². The van der Waals surface area contributed by atoms with Crippen molar-refractivity contribution in [1.82, 2.24) is 19.9 Å². The lowest BCUT2D eigenvalue weighted by atomic mass is 10.2. The molecule has 0 bridgehead atoms. The van der Waals surface area contributed by atoms with Crippen LogP contribution in [0.25, 0.3) is 10.7 Å². The molecule has 7 nitrogen and oxygen atoms in total. The van der Waals surface area contributed by atoms with E-state index in [2.05, 4.69) is 27.5 Å². The first kappa shape index (κ1) is 17.3. The van der Waals surface area contributed by atoms with Gasteiger partial charge in [0, 0.05) is 25.5 Å². The molecule has 1 amide bonds. The number of rotatable bonds is 9. The van der Waals surface area contributed by atoms with Crippen molar-refractivity contribution in [1.29, 1.82) is 0 Å². The van der Waals surface area contributed by atoms with Gasteiger partial charge in [-0.1, -0.05) is 24.6 Å². The first-order chi connectivity index (χ1) is 12.3. The lowest BCUT2D eigenvalue weighted by molar-refractivity contribution is -0.116. The van der Waals surface area contributed by atoms with Gasteiger partial charge in [0.2, 0.25) is 17.6 Å². The average Bonchev–Trinajstić information content (AvgIpc) is 3.34. The van der Waals surface area contributed by atoms with Gasteiger partial charge in [0.05, 0.1) is 11.1 Å². The van der Waals surface area contributed by atoms with Gasteiger partial charge in [-0.25, -0.2) is 4.68 Å². The molecule has 3 aromatic heterocycles. The van der Waals surface area contributed by atoms with E-state index in [1.807, 2.05) is 28.3 Å². The minimum atomic E-state index is -0.0313. The van der Waals surface area contributed by atoms with Crippen LogP contribution in [-0.2, 0) is 17.8 Å². The van der Waals surface area contributed by atoms with Crippen molar-refractivity contribution in [2.45, 2.75) is 45.6 Å². The Kier molecular flexibility index (Phi) is 5.95. The Labute approximate surface area is 150 Å². The van der Waals surface area contributed by atoms with Crippen molar-refractivity contribution in [2.75, 3.05) is 5.32 Å². The highest BCUT2D eigenvalue weighted by molar-refractivity contribution is 7.13. The summed E-state index contributed by atoms with van der Waals surface area (Å²) in [5.74, 6) is 1.88. The molecular weight excluding hydrogens is 338 g/mol. The molecule has 0 aliphatic carbocycles. The van der Waals surface area contributed by atoms with E-state index in [1.54, 1.807) is 17.5 Å². The molecule has 0 aromatic carbocycles. The van der Waals surface area contributed by atoms with Crippen LogP contribution in [0.4, 0.5) is 5.82 Å². The normalized spacial score (nSPS) is 10.9. The number of unbranched alkanes of at least 4 members (excludes halogenated alkanes) is 1. The van der Waals surface area contributed by atoms with Gasteiger partial charge in [-0.2, -0.15) is 10.1 Å². The number of anilines is 1. The van der Waals surface area contributed by atoms with E-state index < -0.39 is 0 Å². The molecule has 8 heteroatoms. The zero-order valence-electron chi connectivity index (χ0n) is 14.1. The third kappa shape index (κ3) is 4.76. The molecule has 3 heterocycles. The van der Waals surface area contributed by atoms with E-state index >= 15 is 0 Å². The maximum absolute atomic E-state index is 12.1. The van der Waals surface area contributed by atoms with Crippen molar-refractivity contribution >= 4 is 23.1 Å². The van der Waals surface area contributed by atoms with E-state index in [9.17, 15) is 4.79 Å². The fraction of sp³-hybridized carbons (Fsp3) is 0.412. The van der Waals surface area contributed by atoms with Crippen molar-refractivity contribution < 1.29 is 9.32 Å². The van der Waals surface area contributed by atoms with Crippen LogP contribution in [0.5, 0.6) is 0 Å². The summed E-state index contributed by atoms with van der Waals surface area (Å²) < 4.78 is 7.07. The third-order valence-electron chi connectivity index (χ3n) is 3.71. The monoisotopic (exact) mass is 359 g/mol. The quantitative estimate of drug-likeness (QED) is 0.629. The Morgan fingerprint density at radius 3 is 3.08 bits per heavy atom. The SMILES string of the molecule is CCCCn1nccc1NC(=O)CCCc1nc(-c2cccs2)no1. The molecule has 132 valence electrons. The van der Waals surface area contributed by atoms with Gasteiger partial charge in [0.1, 0.15) is 5.82 Å². The number of carbonyl (C=O) groups excluding carboxylic acids is 1. The Morgan fingerprint density at radius 2 is 2.28 bits per heavy atom. The fourth-order valence-electron chi connectivity index (χ4n) is 2.39. The van der Waals surface area contributed by atoms with E-state index in [0.717, 1.165) is 30.1 Å². The van der Waals surface area contributed by atoms with E-state index in [0.29, 0.717) is 31.0 Å². The molecular formula is C17H21N5O2S. The number of thiophene rings is 1. The number of nitrogens with zero attached hydrogens (tertiary/aromatic N) is 4. The summed E-state index contributed by atoms with van der Waals surface area (Å²) in [6.45, 7) is 2.94. The van der Waals surface area contributed by atoms with Crippen LogP contribution in [0.1, 0.15) is 38.5 Å². The number of hydrogen-bond donors (Lipinski definition) is 1. The molecule has 25 heavy (non-hydrogen) atoms. The van der Waals surface area contributed by atoms with Crippen molar-refractivity contribution in [3.05, 3.63) is 35.7 Å². The minimum Gasteiger partial charge on any atom is -0.339 e. The first-order valence-electron chi connectivity index (χ1n) is 8.44. The molecule has 3 rings (SSSR count). The van der Waals surface area contributed by atoms with Crippen LogP contribution < -0.4 is 5.32 Å². The molecule has 0 saturated heterocycles. The zero-order valence-corrected chi connectivity index (χ0v) is 15.0. The Hall–Kier alpha value is -2.48. The van der Waals surface area contributed by atoms with Gasteiger partial charge in [-0.3, -0.25) is 4.79 Å². The van der Waals surface area contributed by atoms with Gasteiger partial charge in [0.15, 0.2) is 0 Å². The summed E-state index contributed by atoms with van der Waals surface area (Å²) >= 11 is 1.57. The van der Waals surface area contributed by atoms with E-state index in [4.69, 9.17) is 4.52 Å². The lowest BCUT2D eigenvalue weighted by Gasteiger charge is -2.08. The highest BCUT2D eigenvalue weighted by atomic mass is 32.1. The molecule has 0 fully saturated rings. The number of nitrogens with one attached hydrogen (secondary N) is 1. The van der Waals surface area contributed by atoms with Crippen LogP contribution in [0.3, 0.4) is 0 Å². The topological polar surface area (TPSA) is 85.8 Å². The van der Waals surface area contributed by atoms with Crippen molar-refractivity contribution in [3.63, 3.8) is 0 Å².